The molecule has 1 saturated carbocycles. The molecule has 0 aromatic heterocycles. The van der Waals surface area contributed by atoms with Crippen molar-refractivity contribution in [3.8, 4) is 6.07 Å². The van der Waals surface area contributed by atoms with Crippen LogP contribution in [0.3, 0.4) is 0 Å². The molecule has 0 bridgehead atoms. The van der Waals surface area contributed by atoms with E-state index in [1.807, 2.05) is 24.3 Å². The van der Waals surface area contributed by atoms with Gasteiger partial charge in [-0.05, 0) is 30.0 Å². The van der Waals surface area contributed by atoms with Gasteiger partial charge in [0.1, 0.15) is 0 Å². The number of hydrogen-bond donors (Lipinski definition) is 1. The van der Waals surface area contributed by atoms with Crippen molar-refractivity contribution in [2.75, 3.05) is 7.05 Å². The third-order valence-electron chi connectivity index (χ3n) is 3.35. The van der Waals surface area contributed by atoms with Crippen LogP contribution in [0.15, 0.2) is 28.7 Å². The van der Waals surface area contributed by atoms with Gasteiger partial charge < -0.3 is 5.32 Å². The summed E-state index contributed by atoms with van der Waals surface area (Å²) in [6.07, 6.45) is 0.713. The zero-order valence-electron chi connectivity index (χ0n) is 10.4. The minimum atomic E-state index is -1.19. The number of rotatable bonds is 4. The summed E-state index contributed by atoms with van der Waals surface area (Å²) in [4.78, 5) is 23.6. The van der Waals surface area contributed by atoms with Crippen LogP contribution in [0, 0.1) is 23.2 Å². The summed E-state index contributed by atoms with van der Waals surface area (Å²) in [5.74, 6) is -2.06. The maximum Gasteiger partial charge on any atom is 0.244 e. The van der Waals surface area contributed by atoms with Crippen LogP contribution in [0.1, 0.15) is 17.9 Å². The first kappa shape index (κ1) is 13.8. The first-order chi connectivity index (χ1) is 9.08. The van der Waals surface area contributed by atoms with Crippen molar-refractivity contribution in [3.63, 3.8) is 0 Å². The van der Waals surface area contributed by atoms with Crippen molar-refractivity contribution in [1.29, 1.82) is 5.26 Å². The second kappa shape index (κ2) is 5.54. The van der Waals surface area contributed by atoms with Gasteiger partial charge in [-0.3, -0.25) is 9.59 Å². The molecule has 1 N–H and O–H groups in total. The van der Waals surface area contributed by atoms with Gasteiger partial charge >= 0.3 is 0 Å². The van der Waals surface area contributed by atoms with Gasteiger partial charge in [0.05, 0.1) is 6.07 Å². The Morgan fingerprint density at radius 2 is 2.26 bits per heavy atom. The lowest BCUT2D eigenvalue weighted by atomic mass is 9.98. The second-order valence-electron chi connectivity index (χ2n) is 4.58. The summed E-state index contributed by atoms with van der Waals surface area (Å²) in [6.45, 7) is 0. The molecule has 1 amide bonds. The highest BCUT2D eigenvalue weighted by atomic mass is 79.9. The number of hydrogen-bond acceptors (Lipinski definition) is 3. The van der Waals surface area contributed by atoms with Crippen LogP contribution in [-0.4, -0.2) is 18.7 Å². The van der Waals surface area contributed by atoms with Crippen LogP contribution in [0.4, 0.5) is 0 Å². The van der Waals surface area contributed by atoms with Gasteiger partial charge in [-0.2, -0.15) is 5.26 Å². The van der Waals surface area contributed by atoms with E-state index in [0.717, 1.165) is 10.0 Å². The molecular weight excluding hydrogens is 308 g/mol. The molecule has 1 aromatic carbocycles. The minimum absolute atomic E-state index is 0.130. The molecule has 0 aliphatic heterocycles. The van der Waals surface area contributed by atoms with Crippen LogP contribution < -0.4 is 5.32 Å². The highest BCUT2D eigenvalue weighted by molar-refractivity contribution is 9.10. The summed E-state index contributed by atoms with van der Waals surface area (Å²) in [7, 11) is 1.43. The van der Waals surface area contributed by atoms with Crippen molar-refractivity contribution in [3.05, 3.63) is 34.3 Å². The molecular formula is C14H13BrN2O2. The number of Topliss-reactive ketones (excluding diaryl/α,β-unsaturated/α-hetero) is 1. The number of amides is 1. The number of benzene rings is 1. The molecule has 0 spiro atoms. The topological polar surface area (TPSA) is 70.0 Å². The molecule has 98 valence electrons. The van der Waals surface area contributed by atoms with Crippen molar-refractivity contribution in [1.82, 2.24) is 5.32 Å². The van der Waals surface area contributed by atoms with Crippen LogP contribution in [0.2, 0.25) is 0 Å². The van der Waals surface area contributed by atoms with Gasteiger partial charge in [0.2, 0.25) is 5.91 Å². The van der Waals surface area contributed by atoms with Crippen molar-refractivity contribution < 1.29 is 9.59 Å². The standard InChI is InChI=1S/C14H13BrN2O2/c1-17-14(19)12(7-16)13(18)11-6-10(11)8-3-2-4-9(15)5-8/h2-5,10-12H,6H2,1H3,(H,17,19)/t10-,11-,12-/m1/s1. The maximum atomic E-state index is 12.1. The monoisotopic (exact) mass is 320 g/mol. The van der Waals surface area contributed by atoms with Gasteiger partial charge in [0.15, 0.2) is 11.7 Å². The fraction of sp³-hybridized carbons (Fsp3) is 0.357. The van der Waals surface area contributed by atoms with E-state index in [1.165, 1.54) is 7.05 Å². The molecule has 5 heteroatoms. The van der Waals surface area contributed by atoms with Gasteiger partial charge in [-0.1, -0.05) is 28.1 Å². The molecule has 4 nitrogen and oxygen atoms in total. The van der Waals surface area contributed by atoms with Crippen molar-refractivity contribution in [2.24, 2.45) is 11.8 Å². The number of ketones is 1. The fourth-order valence-electron chi connectivity index (χ4n) is 2.22. The fourth-order valence-corrected chi connectivity index (χ4v) is 2.64. The average molecular weight is 321 g/mol. The number of carbonyl (C=O) groups is 2. The molecule has 2 rings (SSSR count). The van der Waals surface area contributed by atoms with Crippen molar-refractivity contribution in [2.45, 2.75) is 12.3 Å². The summed E-state index contributed by atoms with van der Waals surface area (Å²) >= 11 is 3.39. The number of nitrogens with zero attached hydrogens (tertiary/aromatic N) is 1. The van der Waals surface area contributed by atoms with Gasteiger partial charge in [-0.15, -0.1) is 0 Å². The van der Waals surface area contributed by atoms with Crippen LogP contribution in [0.25, 0.3) is 0 Å². The SMILES string of the molecule is CNC(=O)[C@H](C#N)C(=O)[C@@H]1C[C@@H]1c1cccc(Br)c1. The number of nitriles is 1. The molecule has 1 aromatic rings. The molecule has 1 aliphatic carbocycles. The smallest absolute Gasteiger partial charge is 0.244 e. The van der Waals surface area contributed by atoms with E-state index in [1.54, 1.807) is 6.07 Å². The third kappa shape index (κ3) is 2.85. The van der Waals surface area contributed by atoms with Gasteiger partial charge in [0.25, 0.3) is 0 Å². The maximum absolute atomic E-state index is 12.1. The highest BCUT2D eigenvalue weighted by Crippen LogP contribution is 2.49. The Morgan fingerprint density at radius 3 is 2.84 bits per heavy atom. The Labute approximate surface area is 119 Å². The van der Waals surface area contributed by atoms with E-state index in [9.17, 15) is 9.59 Å². The molecule has 1 fully saturated rings. The van der Waals surface area contributed by atoms with E-state index >= 15 is 0 Å². The quantitative estimate of drug-likeness (QED) is 0.863. The lowest BCUT2D eigenvalue weighted by molar-refractivity contribution is -0.132. The van der Waals surface area contributed by atoms with Crippen LogP contribution in [0.5, 0.6) is 0 Å². The summed E-state index contributed by atoms with van der Waals surface area (Å²) in [5.41, 5.74) is 1.07. The summed E-state index contributed by atoms with van der Waals surface area (Å²) in [6, 6.07) is 9.56. The Morgan fingerprint density at radius 1 is 1.53 bits per heavy atom. The highest BCUT2D eigenvalue weighted by Gasteiger charge is 2.47. The zero-order valence-corrected chi connectivity index (χ0v) is 12.0. The summed E-state index contributed by atoms with van der Waals surface area (Å²) < 4.78 is 0.964. The molecule has 0 heterocycles. The zero-order chi connectivity index (χ0) is 14.0. The molecule has 3 atom stereocenters. The van der Waals surface area contributed by atoms with Crippen LogP contribution >= 0.6 is 15.9 Å². The normalized spacial score (nSPS) is 22.2. The lowest BCUT2D eigenvalue weighted by Crippen LogP contribution is -2.33. The van der Waals surface area contributed by atoms with E-state index in [2.05, 4.69) is 21.2 Å². The Balaban J connectivity index is 2.09. The molecule has 0 saturated heterocycles. The molecule has 0 radical (unpaired) electrons. The third-order valence-corrected chi connectivity index (χ3v) is 3.85. The first-order valence-electron chi connectivity index (χ1n) is 5.99. The predicted octanol–water partition coefficient (Wildman–Crippen LogP) is 2.01. The van der Waals surface area contributed by atoms with Crippen molar-refractivity contribution >= 4 is 27.6 Å². The Bertz CT molecular complexity index is 565. The van der Waals surface area contributed by atoms with E-state index < -0.39 is 11.8 Å². The Kier molecular flexibility index (Phi) is 4.01. The number of halogens is 1. The van der Waals surface area contributed by atoms with E-state index in [-0.39, 0.29) is 17.6 Å². The van der Waals surface area contributed by atoms with Gasteiger partial charge in [0, 0.05) is 17.4 Å². The average Bonchev–Trinajstić information content (AvgIpc) is 3.19. The first-order valence-corrected chi connectivity index (χ1v) is 6.78. The van der Waals surface area contributed by atoms with E-state index in [4.69, 9.17) is 5.26 Å². The Hall–Kier alpha value is -1.67. The molecule has 1 aliphatic rings. The van der Waals surface area contributed by atoms with E-state index in [0.29, 0.717) is 6.42 Å². The summed E-state index contributed by atoms with van der Waals surface area (Å²) in [5, 5.41) is 11.3. The molecule has 0 unspecified atom stereocenters. The van der Waals surface area contributed by atoms with Gasteiger partial charge in [-0.25, -0.2) is 0 Å². The molecule has 19 heavy (non-hydrogen) atoms. The van der Waals surface area contributed by atoms with Crippen LogP contribution in [-0.2, 0) is 9.59 Å². The lowest BCUT2D eigenvalue weighted by Gasteiger charge is -2.06. The number of nitrogens with one attached hydrogen (secondary N) is 1. The number of carbonyl (C=O) groups excluding carboxylic acids is 2. The second-order valence-corrected chi connectivity index (χ2v) is 5.50. The largest absolute Gasteiger partial charge is 0.358 e. The minimum Gasteiger partial charge on any atom is -0.358 e. The predicted molar refractivity (Wildman–Crippen MR) is 73.2 cm³/mol.